The summed E-state index contributed by atoms with van der Waals surface area (Å²) in [6.45, 7) is 2.91. The zero-order valence-corrected chi connectivity index (χ0v) is 18.7. The maximum absolute atomic E-state index is 13.2. The fraction of sp³-hybridized carbons (Fsp3) is 0.609. The third kappa shape index (κ3) is 5.35. The maximum atomic E-state index is 13.2. The van der Waals surface area contributed by atoms with Gasteiger partial charge in [0.2, 0.25) is 5.91 Å². The molecule has 1 saturated heterocycles. The third-order valence-corrected chi connectivity index (χ3v) is 6.08. The van der Waals surface area contributed by atoms with E-state index in [2.05, 4.69) is 6.07 Å². The zero-order chi connectivity index (χ0) is 22.5. The van der Waals surface area contributed by atoms with E-state index in [4.69, 9.17) is 14.2 Å². The molecular weight excluding hydrogens is 398 g/mol. The fourth-order valence-electron chi connectivity index (χ4n) is 4.23. The number of methoxy groups -OCH3 is 1. The average molecular weight is 430 g/mol. The van der Waals surface area contributed by atoms with Gasteiger partial charge in [-0.05, 0) is 37.5 Å². The summed E-state index contributed by atoms with van der Waals surface area (Å²) in [7, 11) is 5.10. The monoisotopic (exact) mass is 429 g/mol. The van der Waals surface area contributed by atoms with Gasteiger partial charge < -0.3 is 24.0 Å². The molecule has 1 aromatic carbocycles. The Morgan fingerprint density at radius 3 is 2.65 bits per heavy atom. The van der Waals surface area contributed by atoms with E-state index in [1.807, 2.05) is 6.92 Å². The van der Waals surface area contributed by atoms with Crippen molar-refractivity contribution in [1.82, 2.24) is 9.80 Å². The van der Waals surface area contributed by atoms with E-state index in [0.717, 1.165) is 19.3 Å². The lowest BCUT2D eigenvalue weighted by atomic mass is 9.99. The number of nitriles is 1. The highest BCUT2D eigenvalue weighted by Crippen LogP contribution is 2.27. The Morgan fingerprint density at radius 2 is 1.94 bits per heavy atom. The van der Waals surface area contributed by atoms with Crippen molar-refractivity contribution in [2.75, 3.05) is 40.9 Å². The normalized spacial score (nSPS) is 28.1. The Balaban J connectivity index is 1.94. The van der Waals surface area contributed by atoms with Crippen LogP contribution in [-0.2, 0) is 14.3 Å². The lowest BCUT2D eigenvalue weighted by Gasteiger charge is -2.36. The van der Waals surface area contributed by atoms with Crippen molar-refractivity contribution < 1.29 is 23.8 Å². The topological polar surface area (TPSA) is 92.1 Å². The first kappa shape index (κ1) is 23.0. The molecule has 4 atom stereocenters. The van der Waals surface area contributed by atoms with E-state index in [1.54, 1.807) is 38.2 Å². The number of carbonyl (C=O) groups is 2. The maximum Gasteiger partial charge on any atom is 0.257 e. The standard InChI is InChI=1S/C23H31N3O5/c1-15-13-26(3)23(28)18-11-16(12-24)5-7-19(18)30-14-21-20(29-4)8-6-17(31-21)9-10-25(2)22(15)27/h5,7,11,15,17,20-21H,6,8-10,13-14H2,1-4H3/t15-,17-,20+,21+/m1/s1. The molecule has 0 N–H and O–H groups in total. The van der Waals surface area contributed by atoms with Crippen LogP contribution in [0.25, 0.3) is 0 Å². The quantitative estimate of drug-likeness (QED) is 0.679. The first-order valence-corrected chi connectivity index (χ1v) is 10.7. The SMILES string of the molecule is CO[C@H]1CC[C@@H]2CCN(C)C(=O)[C@H](C)CN(C)C(=O)c3cc(C#N)ccc3OC[C@@H]1O2. The molecule has 31 heavy (non-hydrogen) atoms. The number of ether oxygens (including phenoxy) is 3. The van der Waals surface area contributed by atoms with Crippen molar-refractivity contribution in [3.63, 3.8) is 0 Å². The highest BCUT2D eigenvalue weighted by molar-refractivity contribution is 5.97. The minimum Gasteiger partial charge on any atom is -0.490 e. The number of carbonyl (C=O) groups excluding carboxylic acids is 2. The third-order valence-electron chi connectivity index (χ3n) is 6.08. The summed E-state index contributed by atoms with van der Waals surface area (Å²) < 4.78 is 17.9. The molecule has 0 unspecified atom stereocenters. The summed E-state index contributed by atoms with van der Waals surface area (Å²) in [6, 6.07) is 6.86. The van der Waals surface area contributed by atoms with Gasteiger partial charge in [-0.25, -0.2) is 0 Å². The highest BCUT2D eigenvalue weighted by Gasteiger charge is 2.33. The van der Waals surface area contributed by atoms with Crippen LogP contribution in [0, 0.1) is 17.2 Å². The van der Waals surface area contributed by atoms with Gasteiger partial charge in [0.05, 0.1) is 35.3 Å². The van der Waals surface area contributed by atoms with E-state index in [1.165, 1.54) is 11.0 Å². The van der Waals surface area contributed by atoms with Gasteiger partial charge in [-0.3, -0.25) is 9.59 Å². The molecule has 2 heterocycles. The van der Waals surface area contributed by atoms with Crippen LogP contribution in [0.3, 0.4) is 0 Å². The summed E-state index contributed by atoms with van der Waals surface area (Å²) in [5.74, 6) is -0.276. The smallest absolute Gasteiger partial charge is 0.257 e. The van der Waals surface area contributed by atoms with Gasteiger partial charge in [-0.15, -0.1) is 0 Å². The molecule has 0 spiro atoms. The summed E-state index contributed by atoms with van der Waals surface area (Å²) >= 11 is 0. The Morgan fingerprint density at radius 1 is 1.16 bits per heavy atom. The lowest BCUT2D eigenvalue weighted by Crippen LogP contribution is -2.44. The van der Waals surface area contributed by atoms with Crippen molar-refractivity contribution in [3.05, 3.63) is 29.3 Å². The first-order valence-electron chi connectivity index (χ1n) is 10.7. The van der Waals surface area contributed by atoms with Gasteiger partial charge in [0.1, 0.15) is 18.5 Å². The Bertz CT molecular complexity index is 852. The van der Waals surface area contributed by atoms with Crippen molar-refractivity contribution in [2.24, 2.45) is 5.92 Å². The molecule has 0 aromatic heterocycles. The van der Waals surface area contributed by atoms with Gasteiger partial charge in [0.15, 0.2) is 0 Å². The predicted octanol–water partition coefficient (Wildman–Crippen LogP) is 2.07. The molecule has 1 fully saturated rings. The molecule has 0 radical (unpaired) electrons. The minimum absolute atomic E-state index is 0.0143. The molecule has 2 bridgehead atoms. The molecule has 8 heteroatoms. The number of hydrogen-bond acceptors (Lipinski definition) is 6. The van der Waals surface area contributed by atoms with Gasteiger partial charge in [0, 0.05) is 34.3 Å². The van der Waals surface area contributed by atoms with Crippen LogP contribution in [-0.4, -0.2) is 80.8 Å². The van der Waals surface area contributed by atoms with Gasteiger partial charge in [-0.2, -0.15) is 5.26 Å². The lowest BCUT2D eigenvalue weighted by molar-refractivity contribution is -0.146. The van der Waals surface area contributed by atoms with Crippen molar-refractivity contribution in [2.45, 2.75) is 44.5 Å². The van der Waals surface area contributed by atoms with Crippen LogP contribution in [0.5, 0.6) is 5.75 Å². The molecule has 1 aromatic rings. The minimum atomic E-state index is -0.356. The van der Waals surface area contributed by atoms with E-state index in [-0.39, 0.29) is 49.2 Å². The van der Waals surface area contributed by atoms with E-state index in [0.29, 0.717) is 23.4 Å². The molecule has 3 rings (SSSR count). The zero-order valence-electron chi connectivity index (χ0n) is 18.7. The van der Waals surface area contributed by atoms with Crippen LogP contribution in [0.1, 0.15) is 42.1 Å². The number of nitrogens with zero attached hydrogens (tertiary/aromatic N) is 3. The second-order valence-corrected chi connectivity index (χ2v) is 8.42. The molecule has 2 aliphatic rings. The molecule has 0 aliphatic carbocycles. The molecule has 0 saturated carbocycles. The number of amides is 2. The molecular formula is C23H31N3O5. The van der Waals surface area contributed by atoms with E-state index >= 15 is 0 Å². The second-order valence-electron chi connectivity index (χ2n) is 8.42. The van der Waals surface area contributed by atoms with Gasteiger partial charge in [-0.1, -0.05) is 6.92 Å². The van der Waals surface area contributed by atoms with Crippen LogP contribution < -0.4 is 4.74 Å². The molecule has 8 nitrogen and oxygen atoms in total. The van der Waals surface area contributed by atoms with Gasteiger partial charge >= 0.3 is 0 Å². The summed E-state index contributed by atoms with van der Waals surface area (Å²) in [4.78, 5) is 29.2. The average Bonchev–Trinajstić information content (AvgIpc) is 2.79. The predicted molar refractivity (Wildman–Crippen MR) is 114 cm³/mol. The second kappa shape index (κ2) is 10.1. The molecule has 2 amide bonds. The van der Waals surface area contributed by atoms with Crippen LogP contribution in [0.15, 0.2) is 18.2 Å². The summed E-state index contributed by atoms with van der Waals surface area (Å²) in [5.41, 5.74) is 0.667. The number of rotatable bonds is 1. The Kier molecular flexibility index (Phi) is 7.52. The van der Waals surface area contributed by atoms with Crippen LogP contribution >= 0.6 is 0 Å². The van der Waals surface area contributed by atoms with E-state index < -0.39 is 0 Å². The molecule has 168 valence electrons. The van der Waals surface area contributed by atoms with Gasteiger partial charge in [0.25, 0.3) is 5.91 Å². The van der Waals surface area contributed by atoms with E-state index in [9.17, 15) is 14.9 Å². The number of benzene rings is 1. The number of fused-ring (bicyclic) bond motifs is 3. The van der Waals surface area contributed by atoms with Crippen LogP contribution in [0.4, 0.5) is 0 Å². The Labute approximate surface area is 183 Å². The van der Waals surface area contributed by atoms with Crippen molar-refractivity contribution in [1.29, 1.82) is 5.26 Å². The summed E-state index contributed by atoms with van der Waals surface area (Å²) in [5, 5.41) is 9.29. The number of hydrogen-bond donors (Lipinski definition) is 0. The fourth-order valence-corrected chi connectivity index (χ4v) is 4.23. The molecule has 2 aliphatic heterocycles. The first-order chi connectivity index (χ1) is 14.8. The summed E-state index contributed by atoms with van der Waals surface area (Å²) in [6.07, 6.45) is 2.05. The largest absolute Gasteiger partial charge is 0.490 e. The van der Waals surface area contributed by atoms with Crippen molar-refractivity contribution >= 4 is 11.8 Å². The highest BCUT2D eigenvalue weighted by atomic mass is 16.6. The van der Waals surface area contributed by atoms with Crippen molar-refractivity contribution in [3.8, 4) is 11.8 Å². The Hall–Kier alpha value is -2.63. The van der Waals surface area contributed by atoms with Crippen LogP contribution in [0.2, 0.25) is 0 Å².